The van der Waals surface area contributed by atoms with Gasteiger partial charge in [0.25, 0.3) is 0 Å². The van der Waals surface area contributed by atoms with Gasteiger partial charge in [-0.05, 0) is 46.2 Å². The fourth-order valence-corrected chi connectivity index (χ4v) is 1.99. The van der Waals surface area contributed by atoms with Gasteiger partial charge in [0, 0.05) is 19.1 Å². The van der Waals surface area contributed by atoms with Crippen LogP contribution in [0.1, 0.15) is 27.2 Å². The van der Waals surface area contributed by atoms with Crippen molar-refractivity contribution in [1.29, 1.82) is 0 Å². The Bertz CT molecular complexity index is 187. The number of hydrogen-bond donors (Lipinski definition) is 1. The number of nitrogens with zero attached hydrogens (tertiary/aromatic N) is 1. The quantitative estimate of drug-likeness (QED) is 0.675. The summed E-state index contributed by atoms with van der Waals surface area (Å²) in [5, 5.41) is 3.46. The summed E-state index contributed by atoms with van der Waals surface area (Å²) in [5.41, 5.74) is 1.23. The SMILES string of the molecule is C=C(C)CNCC1CCN(C(C)C)C1. The summed E-state index contributed by atoms with van der Waals surface area (Å²) in [6.07, 6.45) is 1.35. The van der Waals surface area contributed by atoms with E-state index in [0.29, 0.717) is 6.04 Å². The summed E-state index contributed by atoms with van der Waals surface area (Å²) in [5.74, 6) is 0.844. The third-order valence-corrected chi connectivity index (χ3v) is 2.91. The van der Waals surface area contributed by atoms with Gasteiger partial charge >= 0.3 is 0 Å². The Morgan fingerprint density at radius 2 is 2.29 bits per heavy atom. The van der Waals surface area contributed by atoms with Crippen molar-refractivity contribution < 1.29 is 0 Å². The van der Waals surface area contributed by atoms with Crippen LogP contribution >= 0.6 is 0 Å². The summed E-state index contributed by atoms with van der Waals surface area (Å²) in [4.78, 5) is 2.56. The summed E-state index contributed by atoms with van der Waals surface area (Å²) in [7, 11) is 0. The first-order chi connectivity index (χ1) is 6.59. The van der Waals surface area contributed by atoms with Gasteiger partial charge in [-0.3, -0.25) is 0 Å². The van der Waals surface area contributed by atoms with Gasteiger partial charge in [-0.2, -0.15) is 0 Å². The second-order valence-electron chi connectivity index (χ2n) is 4.83. The number of likely N-dealkylation sites (tertiary alicyclic amines) is 1. The van der Waals surface area contributed by atoms with Gasteiger partial charge in [0.2, 0.25) is 0 Å². The highest BCUT2D eigenvalue weighted by Gasteiger charge is 2.23. The molecule has 1 aliphatic heterocycles. The van der Waals surface area contributed by atoms with Gasteiger partial charge in [-0.15, -0.1) is 0 Å². The average molecular weight is 196 g/mol. The maximum atomic E-state index is 3.89. The van der Waals surface area contributed by atoms with Crippen LogP contribution in [0.3, 0.4) is 0 Å². The topological polar surface area (TPSA) is 15.3 Å². The Hall–Kier alpha value is -0.340. The highest BCUT2D eigenvalue weighted by molar-refractivity contribution is 4.91. The van der Waals surface area contributed by atoms with E-state index >= 15 is 0 Å². The van der Waals surface area contributed by atoms with Crippen LogP contribution in [0.5, 0.6) is 0 Å². The molecule has 1 heterocycles. The van der Waals surface area contributed by atoms with Crippen LogP contribution in [-0.2, 0) is 0 Å². The van der Waals surface area contributed by atoms with E-state index in [0.717, 1.165) is 19.0 Å². The molecule has 1 unspecified atom stereocenters. The minimum atomic E-state index is 0.709. The second-order valence-corrected chi connectivity index (χ2v) is 4.83. The van der Waals surface area contributed by atoms with E-state index in [9.17, 15) is 0 Å². The van der Waals surface area contributed by atoms with E-state index in [1.807, 2.05) is 0 Å². The van der Waals surface area contributed by atoms with Crippen LogP contribution < -0.4 is 5.32 Å². The molecule has 0 saturated carbocycles. The number of nitrogens with one attached hydrogen (secondary N) is 1. The zero-order chi connectivity index (χ0) is 10.6. The smallest absolute Gasteiger partial charge is 0.0159 e. The Morgan fingerprint density at radius 3 is 2.79 bits per heavy atom. The molecule has 1 saturated heterocycles. The van der Waals surface area contributed by atoms with E-state index in [2.05, 4.69) is 37.6 Å². The summed E-state index contributed by atoms with van der Waals surface area (Å²) >= 11 is 0. The number of hydrogen-bond acceptors (Lipinski definition) is 2. The first-order valence-corrected chi connectivity index (χ1v) is 5.68. The van der Waals surface area contributed by atoms with Gasteiger partial charge < -0.3 is 10.2 Å². The van der Waals surface area contributed by atoms with Crippen molar-refractivity contribution in [2.24, 2.45) is 5.92 Å². The lowest BCUT2D eigenvalue weighted by Gasteiger charge is -2.20. The maximum Gasteiger partial charge on any atom is 0.0159 e. The molecule has 82 valence electrons. The van der Waals surface area contributed by atoms with E-state index in [-0.39, 0.29) is 0 Å². The van der Waals surface area contributed by atoms with Crippen LogP contribution in [-0.4, -0.2) is 37.1 Å². The van der Waals surface area contributed by atoms with Crippen molar-refractivity contribution in [1.82, 2.24) is 10.2 Å². The number of rotatable bonds is 5. The van der Waals surface area contributed by atoms with Gasteiger partial charge in [0.1, 0.15) is 0 Å². The lowest BCUT2D eigenvalue weighted by atomic mass is 10.1. The van der Waals surface area contributed by atoms with E-state index in [4.69, 9.17) is 0 Å². The fourth-order valence-electron chi connectivity index (χ4n) is 1.99. The van der Waals surface area contributed by atoms with Crippen LogP contribution in [0, 0.1) is 5.92 Å². The highest BCUT2D eigenvalue weighted by Crippen LogP contribution is 2.17. The molecule has 1 rings (SSSR count). The second kappa shape index (κ2) is 5.52. The van der Waals surface area contributed by atoms with Crippen molar-refractivity contribution in [3.63, 3.8) is 0 Å². The molecule has 1 N–H and O–H groups in total. The van der Waals surface area contributed by atoms with Crippen LogP contribution in [0.2, 0.25) is 0 Å². The molecule has 0 aromatic carbocycles. The van der Waals surface area contributed by atoms with Gasteiger partial charge in [-0.25, -0.2) is 0 Å². The molecule has 0 bridgehead atoms. The monoisotopic (exact) mass is 196 g/mol. The molecule has 0 spiro atoms. The summed E-state index contributed by atoms with van der Waals surface area (Å²) in [6, 6.07) is 0.709. The predicted octanol–water partition coefficient (Wildman–Crippen LogP) is 1.88. The van der Waals surface area contributed by atoms with Crippen molar-refractivity contribution in [2.45, 2.75) is 33.2 Å². The third kappa shape index (κ3) is 3.81. The first kappa shape index (κ1) is 11.7. The Kier molecular flexibility index (Phi) is 4.63. The summed E-state index contributed by atoms with van der Waals surface area (Å²) in [6.45, 7) is 15.2. The molecule has 0 aromatic heterocycles. The Morgan fingerprint density at radius 1 is 1.57 bits per heavy atom. The van der Waals surface area contributed by atoms with Crippen molar-refractivity contribution >= 4 is 0 Å². The summed E-state index contributed by atoms with van der Waals surface area (Å²) < 4.78 is 0. The Labute approximate surface area is 88.4 Å². The maximum absolute atomic E-state index is 3.89. The first-order valence-electron chi connectivity index (χ1n) is 5.68. The molecule has 0 aliphatic carbocycles. The minimum Gasteiger partial charge on any atom is -0.313 e. The molecule has 2 heteroatoms. The molecule has 14 heavy (non-hydrogen) atoms. The average Bonchev–Trinajstić information content (AvgIpc) is 2.52. The largest absolute Gasteiger partial charge is 0.313 e. The molecule has 0 amide bonds. The highest BCUT2D eigenvalue weighted by atomic mass is 15.2. The molecule has 1 aliphatic rings. The van der Waals surface area contributed by atoms with E-state index in [1.54, 1.807) is 0 Å². The lowest BCUT2D eigenvalue weighted by molar-refractivity contribution is 0.264. The zero-order valence-electron chi connectivity index (χ0n) is 9.84. The molecular weight excluding hydrogens is 172 g/mol. The predicted molar refractivity (Wildman–Crippen MR) is 62.5 cm³/mol. The van der Waals surface area contributed by atoms with E-state index in [1.165, 1.54) is 25.1 Å². The van der Waals surface area contributed by atoms with Gasteiger partial charge in [0.05, 0.1) is 0 Å². The third-order valence-electron chi connectivity index (χ3n) is 2.91. The zero-order valence-corrected chi connectivity index (χ0v) is 9.84. The van der Waals surface area contributed by atoms with Crippen molar-refractivity contribution in [3.05, 3.63) is 12.2 Å². The Balaban J connectivity index is 2.13. The van der Waals surface area contributed by atoms with Crippen LogP contribution in [0.25, 0.3) is 0 Å². The van der Waals surface area contributed by atoms with Crippen molar-refractivity contribution in [3.8, 4) is 0 Å². The molecule has 0 aromatic rings. The molecule has 0 radical (unpaired) electrons. The molecular formula is C12H24N2. The minimum absolute atomic E-state index is 0.709. The fraction of sp³-hybridized carbons (Fsp3) is 0.833. The van der Waals surface area contributed by atoms with Gasteiger partial charge in [-0.1, -0.05) is 12.2 Å². The molecule has 1 atom stereocenters. The lowest BCUT2D eigenvalue weighted by Crippen LogP contribution is -2.31. The van der Waals surface area contributed by atoms with Gasteiger partial charge in [0.15, 0.2) is 0 Å². The van der Waals surface area contributed by atoms with E-state index < -0.39 is 0 Å². The van der Waals surface area contributed by atoms with Crippen LogP contribution in [0.15, 0.2) is 12.2 Å². The van der Waals surface area contributed by atoms with Crippen LogP contribution in [0.4, 0.5) is 0 Å². The van der Waals surface area contributed by atoms with Crippen molar-refractivity contribution in [2.75, 3.05) is 26.2 Å². The standard InChI is InChI=1S/C12H24N2/c1-10(2)7-13-8-12-5-6-14(9-12)11(3)4/h11-13H,1,5-9H2,2-4H3. The molecule has 1 fully saturated rings. The normalized spacial score (nSPS) is 23.3. The molecule has 2 nitrogen and oxygen atoms in total.